The molecule has 0 unspecified atom stereocenters. The number of aromatic nitrogens is 10. The van der Waals surface area contributed by atoms with Crippen LogP contribution in [0.3, 0.4) is 0 Å². The van der Waals surface area contributed by atoms with Gasteiger partial charge in [-0.05, 0) is 159 Å². The second kappa shape index (κ2) is 33.8. The number of halogens is 3. The van der Waals surface area contributed by atoms with Gasteiger partial charge in [-0.15, -0.1) is 0 Å². The van der Waals surface area contributed by atoms with Gasteiger partial charge in [-0.2, -0.15) is 34.1 Å². The Bertz CT molecular complexity index is 5350. The van der Waals surface area contributed by atoms with Gasteiger partial charge in [-0.25, -0.2) is 29.6 Å². The van der Waals surface area contributed by atoms with E-state index in [9.17, 15) is 34.8 Å². The summed E-state index contributed by atoms with van der Waals surface area (Å²) in [7, 11) is -7.75. The van der Waals surface area contributed by atoms with E-state index < -0.39 is 42.2 Å². The maximum Gasteiger partial charge on any atom is 0.248 e. The summed E-state index contributed by atoms with van der Waals surface area (Å²) >= 11 is 15.9. The van der Waals surface area contributed by atoms with Gasteiger partial charge in [0, 0.05) is 188 Å². The molecular formula is C76H98BrCl2N19O9S3. The summed E-state index contributed by atoms with van der Waals surface area (Å²) in [6.07, 6.45) is 25.7. The van der Waals surface area contributed by atoms with E-state index in [2.05, 4.69) is 123 Å². The molecule has 7 aliphatic rings. The third kappa shape index (κ3) is 18.9. The third-order valence-electron chi connectivity index (χ3n) is 22.3. The zero-order valence-electron chi connectivity index (χ0n) is 63.2. The number of H-pyrrole nitrogens is 5. The predicted molar refractivity (Wildman–Crippen MR) is 441 cm³/mol. The first-order valence-corrected chi connectivity index (χ1v) is 44.5. The number of benzene rings is 5. The van der Waals surface area contributed by atoms with E-state index in [1.54, 1.807) is 33.7 Å². The zero-order valence-corrected chi connectivity index (χ0v) is 68.7. The molecule has 0 spiro atoms. The summed E-state index contributed by atoms with van der Waals surface area (Å²) in [6.45, 7) is 16.1. The summed E-state index contributed by atoms with van der Waals surface area (Å²) in [5, 5.41) is 51.5. The molecule has 17 rings (SSSR count). The van der Waals surface area contributed by atoms with Gasteiger partial charge in [0.1, 0.15) is 6.61 Å². The van der Waals surface area contributed by atoms with Crippen molar-refractivity contribution in [3.05, 3.63) is 129 Å². The molecule has 5 aromatic carbocycles. The summed E-state index contributed by atoms with van der Waals surface area (Å²) in [5.74, 6) is 1.63. The lowest BCUT2D eigenvalue weighted by molar-refractivity contribution is -0.134. The van der Waals surface area contributed by atoms with E-state index in [1.807, 2.05) is 73.9 Å². The molecule has 5 aromatic heterocycles. The number of hydrogen-bond donors (Lipinski definition) is 6. The normalized spacial score (nSPS) is 18.6. The van der Waals surface area contributed by atoms with Gasteiger partial charge in [-0.1, -0.05) is 58.0 Å². The number of aliphatic hydroxyl groups is 1. The molecule has 0 radical (unpaired) electrons. The number of amides is 2. The van der Waals surface area contributed by atoms with E-state index >= 15 is 0 Å². The number of anilines is 4. The fraction of sp³-hybridized carbons (Fsp3) is 0.487. The summed E-state index contributed by atoms with van der Waals surface area (Å²) in [4.78, 5) is 35.4. The number of fused-ring (bicyclic) bond motifs is 5. The highest BCUT2D eigenvalue weighted by atomic mass is 79.9. The van der Waals surface area contributed by atoms with Crippen LogP contribution in [0.5, 0.6) is 0 Å². The molecule has 5 aliphatic heterocycles. The van der Waals surface area contributed by atoms with Crippen LogP contribution in [0.25, 0.3) is 60.1 Å². The summed E-state index contributed by atoms with van der Waals surface area (Å²) < 4.78 is 76.3. The van der Waals surface area contributed by atoms with Crippen molar-refractivity contribution in [2.45, 2.75) is 95.9 Å². The molecule has 2 amide bonds. The minimum Gasteiger partial charge on any atom is -0.387 e. The van der Waals surface area contributed by atoms with Crippen molar-refractivity contribution < 1.29 is 39.9 Å². The van der Waals surface area contributed by atoms with Crippen LogP contribution < -0.4 is 19.6 Å². The number of nitrogens with one attached hydrogen (secondary N) is 5. The molecule has 28 nitrogen and oxygen atoms in total. The largest absolute Gasteiger partial charge is 0.387 e. The molecule has 110 heavy (non-hydrogen) atoms. The fourth-order valence-corrected chi connectivity index (χ4v) is 19.7. The van der Waals surface area contributed by atoms with Crippen molar-refractivity contribution in [2.75, 3.05) is 157 Å². The average molecular weight is 1670 g/mol. The van der Waals surface area contributed by atoms with Gasteiger partial charge < -0.3 is 34.5 Å². The standard InChI is InChI=1S/2C17H24N4O2S.C15H21ClN4O2S.C14H14BrN3O.C13H15ClN4O2/c1-17(2)11-20(6-7-21(17)24(3,22)23)16-9-13(12-4-5-12)8-15-14(16)10-18-19-15;1-24(22,23)21-8-6-20(7-9-21)17-11-14(13-4-2-3-5-13)10-16-15(17)12-18-19-16;1-19(23(2,21)22)10-11-3-5-20(6-4-11)15-8-12(16)7-14-13(15)9-17-18-14;1-9(19)18-4-2-10(3-5-18)12-6-11(15)7-14-13(12)8-16-17-14;14-9-5-11-10(7-15-16-11)12(6-9)17-1-3-18(4-2-17)13(20)8-19/h8-10,12H,4-7,11H2,1-3H3,(H,18,19);10-13H,2-9H2,1H3,(H,18,19);7-9,11H,3-6,10H2,1-2H3,(H,17,18);2,6-8H,3-5H2,1H3,(H,16,17);5-7,19H,1-4,8H2,(H,15,16). The highest BCUT2D eigenvalue weighted by molar-refractivity contribution is 9.10. The molecule has 6 fully saturated rings. The second-order valence-corrected chi connectivity index (χ2v) is 38.2. The van der Waals surface area contributed by atoms with Crippen LogP contribution in [0, 0.1) is 5.92 Å². The van der Waals surface area contributed by atoms with Gasteiger partial charge in [0.15, 0.2) is 0 Å². The van der Waals surface area contributed by atoms with Gasteiger partial charge in [0.2, 0.25) is 41.9 Å². The van der Waals surface area contributed by atoms with Crippen molar-refractivity contribution >= 4 is 164 Å². The van der Waals surface area contributed by atoms with Crippen LogP contribution in [0.15, 0.2) is 102 Å². The Balaban J connectivity index is 0.000000121. The van der Waals surface area contributed by atoms with Crippen LogP contribution in [0.1, 0.15) is 107 Å². The number of aromatic amines is 5. The Kier molecular flexibility index (Phi) is 24.6. The molecule has 0 bridgehead atoms. The smallest absolute Gasteiger partial charge is 0.248 e. The van der Waals surface area contributed by atoms with Crippen molar-refractivity contribution in [2.24, 2.45) is 5.92 Å². The first-order valence-electron chi connectivity index (χ1n) is 37.5. The molecular weight excluding hydrogens is 1570 g/mol. The van der Waals surface area contributed by atoms with E-state index in [4.69, 9.17) is 28.3 Å². The average Bonchev–Trinajstić information content (AvgIpc) is 0.985. The van der Waals surface area contributed by atoms with Crippen molar-refractivity contribution in [1.82, 2.24) is 73.7 Å². The lowest BCUT2D eigenvalue weighted by Gasteiger charge is -2.46. The molecule has 4 saturated heterocycles. The number of piperidine rings is 1. The van der Waals surface area contributed by atoms with Crippen LogP contribution in [-0.4, -0.2) is 259 Å². The third-order valence-corrected chi connectivity index (χ3v) is 27.2. The highest BCUT2D eigenvalue weighted by Gasteiger charge is 2.40. The molecule has 10 heterocycles. The van der Waals surface area contributed by atoms with Crippen molar-refractivity contribution in [3.63, 3.8) is 0 Å². The maximum atomic E-state index is 12.1. The van der Waals surface area contributed by atoms with Crippen LogP contribution in [0.2, 0.25) is 10.0 Å². The summed E-state index contributed by atoms with van der Waals surface area (Å²) in [5.41, 5.74) is 14.3. The number of rotatable bonds is 13. The molecule has 10 aromatic rings. The number of aliphatic hydroxyl groups excluding tert-OH is 1. The quantitative estimate of drug-likeness (QED) is 0.0625. The van der Waals surface area contributed by atoms with Crippen LogP contribution >= 0.6 is 39.1 Å². The Hall–Kier alpha value is -7.92. The SMILES string of the molecule is CC(=O)N1CC=C(c2cc(Br)cc3[nH]ncc23)CC1.CC1(C)CN(c2cc(C3CC3)cc3[nH]ncc23)CCN1S(C)(=O)=O.CN(CC1CCN(c2cc(Cl)cc3[nH]ncc23)CC1)S(C)(=O)=O.CS(=O)(=O)N1CCN(c2cc(C3CCCC3)cc3[nH]ncc23)CC1.O=C(CO)N1CCN(c2cc(Cl)cc3[nH]ncc23)CC1. The topological polar surface area (TPSA) is 329 Å². The molecule has 2 saturated carbocycles. The van der Waals surface area contributed by atoms with Gasteiger partial charge in [0.05, 0.1) is 77.3 Å². The van der Waals surface area contributed by atoms with Crippen molar-refractivity contribution in [1.29, 1.82) is 0 Å². The minimum absolute atomic E-state index is 0.137. The summed E-state index contributed by atoms with van der Waals surface area (Å²) in [6, 6.07) is 20.8. The Morgan fingerprint density at radius 1 is 0.536 bits per heavy atom. The number of hydrogen-bond acceptors (Lipinski definition) is 18. The lowest BCUT2D eigenvalue weighted by atomic mass is 9.95. The van der Waals surface area contributed by atoms with Crippen molar-refractivity contribution in [3.8, 4) is 0 Å². The predicted octanol–water partition coefficient (Wildman–Crippen LogP) is 10.7. The number of nitrogens with zero attached hydrogens (tertiary/aromatic N) is 14. The van der Waals surface area contributed by atoms with E-state index in [0.717, 1.165) is 122 Å². The fourth-order valence-electron chi connectivity index (χ4n) is 16.2. The number of carbonyl (C=O) groups excluding carboxylic acids is 2. The number of piperazine rings is 3. The van der Waals surface area contributed by atoms with E-state index in [0.29, 0.717) is 99.8 Å². The lowest BCUT2D eigenvalue weighted by Crippen LogP contribution is -2.60. The highest BCUT2D eigenvalue weighted by Crippen LogP contribution is 2.45. The van der Waals surface area contributed by atoms with Crippen LogP contribution in [0.4, 0.5) is 22.7 Å². The zero-order chi connectivity index (χ0) is 78.0. The van der Waals surface area contributed by atoms with E-state index in [1.165, 1.54) is 95.2 Å². The second-order valence-electron chi connectivity index (χ2n) is 30.5. The minimum atomic E-state index is -3.19. The molecule has 34 heteroatoms. The molecule has 590 valence electrons. The monoisotopic (exact) mass is 1670 g/mol. The van der Waals surface area contributed by atoms with E-state index in [-0.39, 0.29) is 11.8 Å². The van der Waals surface area contributed by atoms with Gasteiger partial charge in [-0.3, -0.25) is 35.1 Å². The number of sulfonamides is 3. The molecule has 6 N–H and O–H groups in total. The Morgan fingerprint density at radius 3 is 1.43 bits per heavy atom. The first kappa shape index (κ1) is 80.1. The van der Waals surface area contributed by atoms with Gasteiger partial charge in [0.25, 0.3) is 0 Å². The van der Waals surface area contributed by atoms with Crippen LogP contribution in [-0.2, 0) is 39.7 Å². The Morgan fingerprint density at radius 2 is 0.982 bits per heavy atom. The number of carbonyl (C=O) groups is 2. The van der Waals surface area contributed by atoms with Gasteiger partial charge >= 0.3 is 0 Å². The Labute approximate surface area is 660 Å². The first-order chi connectivity index (χ1) is 52.5. The molecule has 2 aliphatic carbocycles. The molecule has 0 atom stereocenters. The maximum absolute atomic E-state index is 12.1.